The minimum Gasteiger partial charge on any atom is -0.399 e. The molecule has 5 nitrogen and oxygen atoms in total. The van der Waals surface area contributed by atoms with Gasteiger partial charge in [0.15, 0.2) is 0 Å². The van der Waals surface area contributed by atoms with Crippen LogP contribution in [-0.2, 0) is 27.8 Å². The molecule has 160 valence electrons. The lowest BCUT2D eigenvalue weighted by atomic mass is 9.78. The van der Waals surface area contributed by atoms with Crippen molar-refractivity contribution in [2.24, 2.45) is 0 Å². The number of aryl methyl sites for hydroxylation is 1. The fourth-order valence-electron chi connectivity index (χ4n) is 3.70. The average molecular weight is 426 g/mol. The molecule has 1 fully saturated rings. The number of thiazole rings is 1. The Morgan fingerprint density at radius 1 is 1.17 bits per heavy atom. The van der Waals surface area contributed by atoms with Crippen molar-refractivity contribution in [1.82, 2.24) is 9.88 Å². The third-order valence-corrected chi connectivity index (χ3v) is 7.93. The highest BCUT2D eigenvalue weighted by molar-refractivity contribution is 7.14. The Bertz CT molecular complexity index is 990. The van der Waals surface area contributed by atoms with E-state index < -0.39 is 0 Å². The van der Waals surface area contributed by atoms with Crippen LogP contribution in [0.1, 0.15) is 80.0 Å². The second-order valence-electron chi connectivity index (χ2n) is 10.5. The normalized spacial score (nSPS) is 20.2. The first-order valence-electron chi connectivity index (χ1n) is 10.5. The summed E-state index contributed by atoms with van der Waals surface area (Å²) in [6.07, 6.45) is 0. The second-order valence-corrected chi connectivity index (χ2v) is 11.5. The third-order valence-electron chi connectivity index (χ3n) is 6.41. The van der Waals surface area contributed by atoms with Crippen molar-refractivity contribution in [3.05, 3.63) is 44.9 Å². The zero-order valence-electron chi connectivity index (χ0n) is 19.3. The van der Waals surface area contributed by atoms with Crippen molar-refractivity contribution >= 4 is 29.8 Å². The molecule has 2 aliphatic heterocycles. The van der Waals surface area contributed by atoms with Gasteiger partial charge < -0.3 is 14.2 Å². The van der Waals surface area contributed by atoms with Crippen LogP contribution in [0.15, 0.2) is 18.2 Å². The van der Waals surface area contributed by atoms with Gasteiger partial charge >= 0.3 is 7.12 Å². The van der Waals surface area contributed by atoms with Crippen molar-refractivity contribution in [2.45, 2.75) is 85.1 Å². The Hall–Kier alpha value is -1.70. The Labute approximate surface area is 183 Å². The highest BCUT2D eigenvalue weighted by atomic mass is 32.1. The highest BCUT2D eigenvalue weighted by Gasteiger charge is 2.51. The Balaban J connectivity index is 1.49. The molecule has 3 heterocycles. The summed E-state index contributed by atoms with van der Waals surface area (Å²) < 4.78 is 12.3. The lowest BCUT2D eigenvalue weighted by Crippen LogP contribution is -2.41. The molecular weight excluding hydrogens is 395 g/mol. The fourth-order valence-corrected chi connectivity index (χ4v) is 4.80. The van der Waals surface area contributed by atoms with Crippen LogP contribution in [0.2, 0.25) is 0 Å². The maximum atomic E-state index is 12.9. The van der Waals surface area contributed by atoms with E-state index >= 15 is 0 Å². The SMILES string of the molecule is Cc1cc(B2OC(C)(C)C(C)(C)O2)ccc1CN1Cc2nc(C(C)(C)C)sc2C1=O. The lowest BCUT2D eigenvalue weighted by molar-refractivity contribution is 0.00578. The van der Waals surface area contributed by atoms with Crippen molar-refractivity contribution in [1.29, 1.82) is 0 Å². The van der Waals surface area contributed by atoms with Gasteiger partial charge in [0, 0.05) is 12.0 Å². The molecule has 30 heavy (non-hydrogen) atoms. The molecule has 1 aromatic carbocycles. The van der Waals surface area contributed by atoms with E-state index in [-0.39, 0.29) is 29.6 Å². The summed E-state index contributed by atoms with van der Waals surface area (Å²) in [5.74, 6) is 0.0902. The summed E-state index contributed by atoms with van der Waals surface area (Å²) in [7, 11) is -0.372. The van der Waals surface area contributed by atoms with E-state index in [4.69, 9.17) is 14.3 Å². The van der Waals surface area contributed by atoms with Crippen LogP contribution in [-0.4, -0.2) is 34.1 Å². The molecule has 1 amide bonds. The molecule has 0 unspecified atom stereocenters. The molecule has 1 aromatic heterocycles. The maximum Gasteiger partial charge on any atom is 0.494 e. The maximum absolute atomic E-state index is 12.9. The molecule has 2 aliphatic rings. The van der Waals surface area contributed by atoms with Crippen LogP contribution < -0.4 is 5.46 Å². The minimum atomic E-state index is -0.372. The Kier molecular flexibility index (Phi) is 4.96. The molecule has 1 saturated heterocycles. The molecule has 4 rings (SSSR count). The number of amides is 1. The van der Waals surface area contributed by atoms with E-state index in [2.05, 4.69) is 73.6 Å². The van der Waals surface area contributed by atoms with Gasteiger partial charge in [-0.2, -0.15) is 0 Å². The van der Waals surface area contributed by atoms with E-state index in [1.165, 1.54) is 11.3 Å². The van der Waals surface area contributed by atoms with Gasteiger partial charge in [0.2, 0.25) is 0 Å². The van der Waals surface area contributed by atoms with Gasteiger partial charge in [-0.3, -0.25) is 4.79 Å². The van der Waals surface area contributed by atoms with Crippen LogP contribution in [0.3, 0.4) is 0 Å². The van der Waals surface area contributed by atoms with Crippen LogP contribution in [0, 0.1) is 6.92 Å². The van der Waals surface area contributed by atoms with E-state index in [1.54, 1.807) is 0 Å². The van der Waals surface area contributed by atoms with E-state index in [1.807, 2.05) is 4.90 Å². The van der Waals surface area contributed by atoms with E-state index in [9.17, 15) is 4.79 Å². The first kappa shape index (κ1) is 21.5. The monoisotopic (exact) mass is 426 g/mol. The zero-order chi connectivity index (χ0) is 22.1. The molecule has 0 aliphatic carbocycles. The largest absolute Gasteiger partial charge is 0.494 e. The van der Waals surface area contributed by atoms with Gasteiger partial charge in [-0.05, 0) is 51.2 Å². The van der Waals surface area contributed by atoms with Crippen LogP contribution in [0.4, 0.5) is 0 Å². The smallest absolute Gasteiger partial charge is 0.399 e. The van der Waals surface area contributed by atoms with Gasteiger partial charge in [0.05, 0.1) is 28.4 Å². The molecule has 0 saturated carbocycles. The molecular formula is C23H31BN2O3S. The van der Waals surface area contributed by atoms with Crippen molar-refractivity contribution < 1.29 is 14.1 Å². The van der Waals surface area contributed by atoms with Crippen molar-refractivity contribution in [3.63, 3.8) is 0 Å². The zero-order valence-corrected chi connectivity index (χ0v) is 20.1. The van der Waals surface area contributed by atoms with Gasteiger partial charge in [-0.1, -0.05) is 39.0 Å². The first-order valence-corrected chi connectivity index (χ1v) is 11.3. The number of benzene rings is 1. The summed E-state index contributed by atoms with van der Waals surface area (Å²) in [6, 6.07) is 6.25. The minimum absolute atomic E-state index is 0.0277. The Morgan fingerprint density at radius 3 is 2.33 bits per heavy atom. The van der Waals surface area contributed by atoms with E-state index in [0.717, 1.165) is 32.2 Å². The third kappa shape index (κ3) is 3.61. The summed E-state index contributed by atoms with van der Waals surface area (Å²) >= 11 is 1.54. The van der Waals surface area contributed by atoms with E-state index in [0.29, 0.717) is 13.1 Å². The lowest BCUT2D eigenvalue weighted by Gasteiger charge is -2.32. The van der Waals surface area contributed by atoms with Gasteiger partial charge in [0.1, 0.15) is 4.88 Å². The van der Waals surface area contributed by atoms with Gasteiger partial charge in [-0.25, -0.2) is 4.98 Å². The molecule has 0 spiro atoms. The number of hydrogen-bond donors (Lipinski definition) is 0. The molecule has 2 aromatic rings. The topological polar surface area (TPSA) is 51.7 Å². The number of carbonyl (C=O) groups excluding carboxylic acids is 1. The Morgan fingerprint density at radius 2 is 1.80 bits per heavy atom. The van der Waals surface area contributed by atoms with Crippen LogP contribution >= 0.6 is 11.3 Å². The molecule has 7 heteroatoms. The van der Waals surface area contributed by atoms with Crippen LogP contribution in [0.5, 0.6) is 0 Å². The molecule has 0 N–H and O–H groups in total. The average Bonchev–Trinajstić information content (AvgIpc) is 3.22. The van der Waals surface area contributed by atoms with Crippen molar-refractivity contribution in [2.75, 3.05) is 0 Å². The second kappa shape index (κ2) is 6.91. The summed E-state index contributed by atoms with van der Waals surface area (Å²) in [6.45, 7) is 17.9. The summed E-state index contributed by atoms with van der Waals surface area (Å²) in [4.78, 5) is 20.4. The summed E-state index contributed by atoms with van der Waals surface area (Å²) in [5, 5.41) is 1.03. The fraction of sp³-hybridized carbons (Fsp3) is 0.565. The highest BCUT2D eigenvalue weighted by Crippen LogP contribution is 2.37. The quantitative estimate of drug-likeness (QED) is 0.691. The van der Waals surface area contributed by atoms with Crippen LogP contribution in [0.25, 0.3) is 0 Å². The first-order chi connectivity index (χ1) is 13.8. The number of hydrogen-bond acceptors (Lipinski definition) is 5. The number of nitrogens with zero attached hydrogens (tertiary/aromatic N) is 2. The predicted octanol–water partition coefficient (Wildman–Crippen LogP) is 4.20. The molecule has 0 atom stereocenters. The standard InChI is InChI=1S/C23H31BN2O3S/c1-14-11-16(24-28-22(5,6)23(7,8)29-24)10-9-15(14)12-26-13-17-18(19(26)27)30-20(25-17)21(2,3)4/h9-11H,12-13H2,1-8H3. The van der Waals surface area contributed by atoms with Gasteiger partial charge in [-0.15, -0.1) is 11.3 Å². The molecule has 0 radical (unpaired) electrons. The van der Waals surface area contributed by atoms with Crippen molar-refractivity contribution in [3.8, 4) is 0 Å². The number of aromatic nitrogens is 1. The number of carbonyl (C=O) groups is 1. The van der Waals surface area contributed by atoms with Gasteiger partial charge in [0.25, 0.3) is 5.91 Å². The predicted molar refractivity (Wildman–Crippen MR) is 121 cm³/mol. The number of rotatable bonds is 3. The number of fused-ring (bicyclic) bond motifs is 1. The summed E-state index contributed by atoms with van der Waals surface area (Å²) in [5.41, 5.74) is 3.45. The molecule has 0 bridgehead atoms.